The van der Waals surface area contributed by atoms with Crippen molar-refractivity contribution >= 4 is 12.1 Å². The van der Waals surface area contributed by atoms with Gasteiger partial charge < -0.3 is 9.47 Å². The molecule has 0 unspecified atom stereocenters. The van der Waals surface area contributed by atoms with Gasteiger partial charge in [-0.05, 0) is 17.7 Å². The van der Waals surface area contributed by atoms with Gasteiger partial charge in [-0.1, -0.05) is 48.5 Å². The molecular formula is C17H17NO4. The lowest BCUT2D eigenvalue weighted by Gasteiger charge is -2.20. The SMILES string of the molecule is COC(=O)CN(Cc1ccccc1)C(=O)Oc1ccccc1. The topological polar surface area (TPSA) is 55.8 Å². The molecule has 0 saturated carbocycles. The first-order valence-electron chi connectivity index (χ1n) is 6.81. The molecule has 0 fully saturated rings. The summed E-state index contributed by atoms with van der Waals surface area (Å²) in [5.74, 6) is -0.0728. The molecule has 0 N–H and O–H groups in total. The second kappa shape index (κ2) is 7.83. The van der Waals surface area contributed by atoms with Crippen LogP contribution in [-0.2, 0) is 16.1 Å². The Balaban J connectivity index is 2.09. The van der Waals surface area contributed by atoms with E-state index in [1.165, 1.54) is 12.0 Å². The fraction of sp³-hybridized carbons (Fsp3) is 0.176. The molecule has 2 aromatic carbocycles. The summed E-state index contributed by atoms with van der Waals surface area (Å²) in [5, 5.41) is 0. The van der Waals surface area contributed by atoms with Crippen molar-refractivity contribution in [2.75, 3.05) is 13.7 Å². The van der Waals surface area contributed by atoms with Crippen LogP contribution in [-0.4, -0.2) is 30.6 Å². The van der Waals surface area contributed by atoms with Gasteiger partial charge in [0.1, 0.15) is 12.3 Å². The predicted octanol–water partition coefficient (Wildman–Crippen LogP) is 2.86. The van der Waals surface area contributed by atoms with Crippen LogP contribution in [0.15, 0.2) is 60.7 Å². The smallest absolute Gasteiger partial charge is 0.416 e. The van der Waals surface area contributed by atoms with E-state index >= 15 is 0 Å². The molecule has 5 nitrogen and oxygen atoms in total. The number of hydrogen-bond acceptors (Lipinski definition) is 4. The molecule has 114 valence electrons. The van der Waals surface area contributed by atoms with Gasteiger partial charge in [0.05, 0.1) is 7.11 Å². The Kier molecular flexibility index (Phi) is 5.54. The Morgan fingerprint density at radius 1 is 0.955 bits per heavy atom. The summed E-state index contributed by atoms with van der Waals surface area (Å²) >= 11 is 0. The van der Waals surface area contributed by atoms with Crippen LogP contribution in [0.5, 0.6) is 5.75 Å². The fourth-order valence-corrected chi connectivity index (χ4v) is 1.86. The van der Waals surface area contributed by atoms with Gasteiger partial charge in [-0.3, -0.25) is 9.69 Å². The van der Waals surface area contributed by atoms with Crippen molar-refractivity contribution in [2.24, 2.45) is 0 Å². The van der Waals surface area contributed by atoms with Crippen LogP contribution in [0.2, 0.25) is 0 Å². The zero-order chi connectivity index (χ0) is 15.8. The quantitative estimate of drug-likeness (QED) is 0.797. The van der Waals surface area contributed by atoms with Crippen molar-refractivity contribution in [1.29, 1.82) is 0 Å². The van der Waals surface area contributed by atoms with E-state index in [0.29, 0.717) is 5.75 Å². The van der Waals surface area contributed by atoms with Crippen LogP contribution in [0.1, 0.15) is 5.56 Å². The monoisotopic (exact) mass is 299 g/mol. The van der Waals surface area contributed by atoms with Gasteiger partial charge in [-0.25, -0.2) is 4.79 Å². The van der Waals surface area contributed by atoms with Crippen LogP contribution < -0.4 is 4.74 Å². The van der Waals surface area contributed by atoms with E-state index in [4.69, 9.17) is 4.74 Å². The highest BCUT2D eigenvalue weighted by Crippen LogP contribution is 2.12. The van der Waals surface area contributed by atoms with Crippen LogP contribution in [0.25, 0.3) is 0 Å². The van der Waals surface area contributed by atoms with Crippen molar-refractivity contribution in [3.63, 3.8) is 0 Å². The number of benzene rings is 2. The lowest BCUT2D eigenvalue weighted by atomic mass is 10.2. The van der Waals surface area contributed by atoms with E-state index in [0.717, 1.165) is 5.56 Å². The van der Waals surface area contributed by atoms with Gasteiger partial charge in [0.25, 0.3) is 0 Å². The number of hydrogen-bond donors (Lipinski definition) is 0. The highest BCUT2D eigenvalue weighted by Gasteiger charge is 2.20. The Morgan fingerprint density at radius 2 is 1.55 bits per heavy atom. The Bertz CT molecular complexity index is 613. The van der Waals surface area contributed by atoms with E-state index in [9.17, 15) is 9.59 Å². The number of amides is 1. The van der Waals surface area contributed by atoms with E-state index < -0.39 is 12.1 Å². The second-order valence-corrected chi connectivity index (χ2v) is 4.60. The van der Waals surface area contributed by atoms with E-state index in [-0.39, 0.29) is 13.1 Å². The van der Waals surface area contributed by atoms with Crippen molar-refractivity contribution in [3.8, 4) is 5.75 Å². The molecule has 0 aliphatic heterocycles. The standard InChI is InChI=1S/C17H17NO4/c1-21-16(19)13-18(12-14-8-4-2-5-9-14)17(20)22-15-10-6-3-7-11-15/h2-11H,12-13H2,1H3. The van der Waals surface area contributed by atoms with Crippen molar-refractivity contribution in [3.05, 3.63) is 66.2 Å². The second-order valence-electron chi connectivity index (χ2n) is 4.60. The molecule has 0 aromatic heterocycles. The number of para-hydroxylation sites is 1. The maximum absolute atomic E-state index is 12.3. The number of methoxy groups -OCH3 is 1. The number of ether oxygens (including phenoxy) is 2. The molecule has 0 heterocycles. The zero-order valence-corrected chi connectivity index (χ0v) is 12.3. The number of nitrogens with zero attached hydrogens (tertiary/aromatic N) is 1. The van der Waals surface area contributed by atoms with E-state index in [2.05, 4.69) is 4.74 Å². The first-order valence-corrected chi connectivity index (χ1v) is 6.81. The molecule has 0 radical (unpaired) electrons. The molecule has 0 spiro atoms. The summed E-state index contributed by atoms with van der Waals surface area (Å²) in [6.07, 6.45) is -0.597. The summed E-state index contributed by atoms with van der Waals surface area (Å²) in [6, 6.07) is 18.1. The zero-order valence-electron chi connectivity index (χ0n) is 12.3. The minimum atomic E-state index is -0.597. The molecule has 2 rings (SSSR count). The fourth-order valence-electron chi connectivity index (χ4n) is 1.86. The lowest BCUT2D eigenvalue weighted by molar-refractivity contribution is -0.141. The molecule has 0 atom stereocenters. The van der Waals surface area contributed by atoms with Crippen LogP contribution in [0.4, 0.5) is 4.79 Å². The predicted molar refractivity (Wildman–Crippen MR) is 81.3 cm³/mol. The van der Waals surface area contributed by atoms with Crippen molar-refractivity contribution in [1.82, 2.24) is 4.90 Å². The highest BCUT2D eigenvalue weighted by molar-refractivity contribution is 5.79. The molecule has 5 heteroatoms. The maximum Gasteiger partial charge on any atom is 0.416 e. The molecule has 22 heavy (non-hydrogen) atoms. The van der Waals surface area contributed by atoms with Crippen LogP contribution >= 0.6 is 0 Å². The third kappa shape index (κ3) is 4.63. The molecular weight excluding hydrogens is 282 g/mol. The Hall–Kier alpha value is -2.82. The molecule has 2 aromatic rings. The highest BCUT2D eigenvalue weighted by atomic mass is 16.6. The minimum absolute atomic E-state index is 0.170. The van der Waals surface area contributed by atoms with Crippen molar-refractivity contribution in [2.45, 2.75) is 6.54 Å². The normalized spacial score (nSPS) is 9.86. The number of carbonyl (C=O) groups excluding carboxylic acids is 2. The number of esters is 1. The first kappa shape index (κ1) is 15.6. The summed E-state index contributed by atoms with van der Waals surface area (Å²) < 4.78 is 9.90. The molecule has 0 aliphatic carbocycles. The summed E-state index contributed by atoms with van der Waals surface area (Å²) in [7, 11) is 1.28. The van der Waals surface area contributed by atoms with E-state index in [1.807, 2.05) is 36.4 Å². The number of carbonyl (C=O) groups is 2. The molecule has 0 bridgehead atoms. The molecule has 0 aliphatic rings. The van der Waals surface area contributed by atoms with Gasteiger partial charge in [-0.15, -0.1) is 0 Å². The first-order chi connectivity index (χ1) is 10.7. The summed E-state index contributed by atoms with van der Waals surface area (Å²) in [6.45, 7) is 0.0959. The average Bonchev–Trinajstić information content (AvgIpc) is 2.56. The minimum Gasteiger partial charge on any atom is -0.468 e. The van der Waals surface area contributed by atoms with Gasteiger partial charge >= 0.3 is 12.1 Å². The van der Waals surface area contributed by atoms with Gasteiger partial charge in [0, 0.05) is 6.54 Å². The third-order valence-corrected chi connectivity index (χ3v) is 2.97. The lowest BCUT2D eigenvalue weighted by Crippen LogP contribution is -2.37. The number of rotatable bonds is 5. The largest absolute Gasteiger partial charge is 0.468 e. The maximum atomic E-state index is 12.3. The van der Waals surface area contributed by atoms with Gasteiger partial charge in [0.2, 0.25) is 0 Å². The third-order valence-electron chi connectivity index (χ3n) is 2.97. The average molecular weight is 299 g/mol. The van der Waals surface area contributed by atoms with Crippen molar-refractivity contribution < 1.29 is 19.1 Å². The van der Waals surface area contributed by atoms with Crippen LogP contribution in [0, 0.1) is 0 Å². The van der Waals surface area contributed by atoms with Gasteiger partial charge in [0.15, 0.2) is 0 Å². The Labute approximate surface area is 129 Å². The summed E-state index contributed by atoms with van der Waals surface area (Å²) in [5.41, 5.74) is 0.899. The van der Waals surface area contributed by atoms with Gasteiger partial charge in [-0.2, -0.15) is 0 Å². The molecule has 1 amide bonds. The Morgan fingerprint density at radius 3 is 2.14 bits per heavy atom. The van der Waals surface area contributed by atoms with Crippen LogP contribution in [0.3, 0.4) is 0 Å². The van der Waals surface area contributed by atoms with E-state index in [1.54, 1.807) is 24.3 Å². The summed E-state index contributed by atoms with van der Waals surface area (Å²) in [4.78, 5) is 25.1. The molecule has 0 saturated heterocycles.